The van der Waals surface area contributed by atoms with Crippen LogP contribution < -0.4 is 10.1 Å². The van der Waals surface area contributed by atoms with Gasteiger partial charge in [0.1, 0.15) is 17.6 Å². The van der Waals surface area contributed by atoms with Crippen molar-refractivity contribution in [3.8, 4) is 11.8 Å². The summed E-state index contributed by atoms with van der Waals surface area (Å²) in [4.78, 5) is 0. The number of hydrogen-bond acceptors (Lipinski definition) is 3. The molecule has 0 spiro atoms. The fraction of sp³-hybridized carbons (Fsp3) is 0.500. The second-order valence-electron chi connectivity index (χ2n) is 4.25. The maximum Gasteiger partial charge on any atom is 0.181 e. The van der Waals surface area contributed by atoms with Crippen molar-refractivity contribution in [2.24, 2.45) is 0 Å². The summed E-state index contributed by atoms with van der Waals surface area (Å²) in [6, 6.07) is 6.47. The van der Waals surface area contributed by atoms with E-state index in [0.717, 1.165) is 18.5 Å². The maximum absolute atomic E-state index is 13.2. The van der Waals surface area contributed by atoms with Crippen LogP contribution in [0.2, 0.25) is 0 Å². The Morgan fingerprint density at radius 3 is 2.78 bits per heavy atom. The van der Waals surface area contributed by atoms with Gasteiger partial charge in [-0.25, -0.2) is 4.39 Å². The van der Waals surface area contributed by atoms with E-state index in [9.17, 15) is 4.39 Å². The molecule has 4 heteroatoms. The first-order valence-electron chi connectivity index (χ1n) is 6.17. The summed E-state index contributed by atoms with van der Waals surface area (Å²) in [5.74, 6) is 0.0711. The highest BCUT2D eigenvalue weighted by atomic mass is 19.1. The lowest BCUT2D eigenvalue weighted by molar-refractivity contribution is 0.270. The Kier molecular flexibility index (Phi) is 5.60. The lowest BCUT2D eigenvalue weighted by Gasteiger charge is -2.19. The van der Waals surface area contributed by atoms with E-state index in [-0.39, 0.29) is 11.9 Å². The number of ether oxygens (including phenoxy) is 1. The van der Waals surface area contributed by atoms with Crippen molar-refractivity contribution < 1.29 is 9.13 Å². The largest absolute Gasteiger partial charge is 0.475 e. The van der Waals surface area contributed by atoms with Crippen molar-refractivity contribution in [1.29, 1.82) is 5.26 Å². The zero-order chi connectivity index (χ0) is 13.5. The van der Waals surface area contributed by atoms with E-state index in [4.69, 9.17) is 10.00 Å². The number of halogens is 1. The van der Waals surface area contributed by atoms with Crippen molar-refractivity contribution >= 4 is 0 Å². The van der Waals surface area contributed by atoms with Crippen LogP contribution in [-0.4, -0.2) is 12.6 Å². The molecule has 0 aliphatic heterocycles. The average molecular weight is 250 g/mol. The number of nitrogens with zero attached hydrogens (tertiary/aromatic N) is 1. The van der Waals surface area contributed by atoms with Gasteiger partial charge < -0.3 is 10.1 Å². The van der Waals surface area contributed by atoms with Crippen LogP contribution in [0, 0.1) is 17.1 Å². The van der Waals surface area contributed by atoms with Gasteiger partial charge in [0, 0.05) is 17.7 Å². The monoisotopic (exact) mass is 250 g/mol. The molecule has 0 radical (unpaired) electrons. The lowest BCUT2D eigenvalue weighted by atomic mass is 10.1. The van der Waals surface area contributed by atoms with Crippen LogP contribution in [0.1, 0.15) is 38.8 Å². The highest BCUT2D eigenvalue weighted by molar-refractivity contribution is 5.36. The molecular formula is C14H19FN2O. The van der Waals surface area contributed by atoms with Crippen LogP contribution in [0.15, 0.2) is 18.2 Å². The fourth-order valence-corrected chi connectivity index (χ4v) is 1.66. The Bertz CT molecular complexity index is 428. The molecule has 0 aromatic heterocycles. The Morgan fingerprint density at radius 2 is 2.17 bits per heavy atom. The van der Waals surface area contributed by atoms with E-state index < -0.39 is 6.10 Å². The molecule has 98 valence electrons. The first-order chi connectivity index (χ1) is 8.58. The van der Waals surface area contributed by atoms with Crippen molar-refractivity contribution in [3.63, 3.8) is 0 Å². The molecule has 2 atom stereocenters. The minimum Gasteiger partial charge on any atom is -0.475 e. The zero-order valence-electron chi connectivity index (χ0n) is 11.0. The molecule has 1 aromatic carbocycles. The van der Waals surface area contributed by atoms with E-state index in [1.165, 1.54) is 12.1 Å². The highest BCUT2D eigenvalue weighted by Gasteiger charge is 2.14. The molecule has 0 aliphatic carbocycles. The molecular weight excluding hydrogens is 231 g/mol. The number of benzene rings is 1. The highest BCUT2D eigenvalue weighted by Crippen LogP contribution is 2.27. The Morgan fingerprint density at radius 1 is 1.44 bits per heavy atom. The zero-order valence-corrected chi connectivity index (χ0v) is 11.0. The Labute approximate surface area is 108 Å². The van der Waals surface area contributed by atoms with Gasteiger partial charge in [-0.05, 0) is 32.9 Å². The number of nitrogens with one attached hydrogen (secondary N) is 1. The minimum absolute atomic E-state index is 0.0615. The van der Waals surface area contributed by atoms with Crippen LogP contribution in [-0.2, 0) is 0 Å². The first kappa shape index (κ1) is 14.5. The van der Waals surface area contributed by atoms with Gasteiger partial charge in [-0.1, -0.05) is 13.0 Å². The molecule has 2 unspecified atom stereocenters. The predicted molar refractivity (Wildman–Crippen MR) is 68.8 cm³/mol. The maximum atomic E-state index is 13.2. The quantitative estimate of drug-likeness (QED) is 0.843. The normalized spacial score (nSPS) is 13.7. The molecule has 1 N–H and O–H groups in total. The fourth-order valence-electron chi connectivity index (χ4n) is 1.66. The van der Waals surface area contributed by atoms with Crippen LogP contribution in [0.4, 0.5) is 4.39 Å². The molecule has 0 aliphatic rings. The molecule has 0 saturated carbocycles. The van der Waals surface area contributed by atoms with Crippen molar-refractivity contribution in [2.45, 2.75) is 39.3 Å². The summed E-state index contributed by atoms with van der Waals surface area (Å²) in [7, 11) is 0. The summed E-state index contributed by atoms with van der Waals surface area (Å²) in [5, 5.41) is 12.1. The van der Waals surface area contributed by atoms with Gasteiger partial charge >= 0.3 is 0 Å². The third-order valence-corrected chi connectivity index (χ3v) is 2.63. The van der Waals surface area contributed by atoms with Crippen molar-refractivity contribution in [3.05, 3.63) is 29.6 Å². The molecule has 0 amide bonds. The molecule has 1 aromatic rings. The van der Waals surface area contributed by atoms with E-state index in [2.05, 4.69) is 12.2 Å². The van der Waals surface area contributed by atoms with Crippen molar-refractivity contribution in [1.82, 2.24) is 5.32 Å². The molecule has 0 fully saturated rings. The lowest BCUT2D eigenvalue weighted by Crippen LogP contribution is -2.21. The summed E-state index contributed by atoms with van der Waals surface area (Å²) in [6.07, 6.45) is 0.431. The van der Waals surface area contributed by atoms with Gasteiger partial charge in [-0.2, -0.15) is 5.26 Å². The standard InChI is InChI=1S/C14H19FN2O/c1-4-7-17-11(3)13-6-5-12(15)8-14(13)18-10(2)9-16/h5-6,8,10-11,17H,4,7H2,1-3H3. The Hall–Kier alpha value is -1.60. The average Bonchev–Trinajstić information content (AvgIpc) is 2.36. The smallest absolute Gasteiger partial charge is 0.181 e. The summed E-state index contributed by atoms with van der Waals surface area (Å²) >= 11 is 0. The van der Waals surface area contributed by atoms with Crippen LogP contribution in [0.5, 0.6) is 5.75 Å². The third-order valence-electron chi connectivity index (χ3n) is 2.63. The molecule has 0 saturated heterocycles. The Balaban J connectivity index is 2.92. The van der Waals surface area contributed by atoms with Crippen LogP contribution in [0.25, 0.3) is 0 Å². The second-order valence-corrected chi connectivity index (χ2v) is 4.25. The molecule has 3 nitrogen and oxygen atoms in total. The minimum atomic E-state index is -0.594. The topological polar surface area (TPSA) is 45.0 Å². The van der Waals surface area contributed by atoms with Gasteiger partial charge in [0.15, 0.2) is 6.10 Å². The second kappa shape index (κ2) is 6.97. The molecule has 0 bridgehead atoms. The molecule has 18 heavy (non-hydrogen) atoms. The predicted octanol–water partition coefficient (Wildman–Crippen LogP) is 3.18. The van der Waals surface area contributed by atoms with Gasteiger partial charge in [0.05, 0.1) is 0 Å². The van der Waals surface area contributed by atoms with Gasteiger partial charge in [-0.15, -0.1) is 0 Å². The van der Waals surface area contributed by atoms with E-state index in [1.54, 1.807) is 13.0 Å². The van der Waals surface area contributed by atoms with Crippen LogP contribution >= 0.6 is 0 Å². The number of hydrogen-bond donors (Lipinski definition) is 1. The van der Waals surface area contributed by atoms with E-state index in [0.29, 0.717) is 5.75 Å². The number of rotatable bonds is 6. The third kappa shape index (κ3) is 4.01. The summed E-state index contributed by atoms with van der Waals surface area (Å²) in [5.41, 5.74) is 0.868. The van der Waals surface area contributed by atoms with Gasteiger partial charge in [-0.3, -0.25) is 0 Å². The SMILES string of the molecule is CCCNC(C)c1ccc(F)cc1OC(C)C#N. The van der Waals surface area contributed by atoms with Crippen molar-refractivity contribution in [2.75, 3.05) is 6.54 Å². The van der Waals surface area contributed by atoms with Crippen LogP contribution in [0.3, 0.4) is 0 Å². The summed E-state index contributed by atoms with van der Waals surface area (Å²) in [6.45, 7) is 6.59. The first-order valence-corrected chi connectivity index (χ1v) is 6.17. The number of nitriles is 1. The van der Waals surface area contributed by atoms with Gasteiger partial charge in [0.25, 0.3) is 0 Å². The molecule has 0 heterocycles. The van der Waals surface area contributed by atoms with E-state index >= 15 is 0 Å². The van der Waals surface area contributed by atoms with Gasteiger partial charge in [0.2, 0.25) is 0 Å². The molecule has 1 rings (SSSR count). The van der Waals surface area contributed by atoms with E-state index in [1.807, 2.05) is 13.0 Å². The summed E-state index contributed by atoms with van der Waals surface area (Å²) < 4.78 is 18.7.